The molecule has 2 rings (SSSR count). The van der Waals surface area contributed by atoms with Crippen molar-refractivity contribution < 1.29 is 23.0 Å². The number of ether oxygens (including phenoxy) is 1. The third kappa shape index (κ3) is 2.78. The van der Waals surface area contributed by atoms with Gasteiger partial charge in [0.2, 0.25) is 0 Å². The van der Waals surface area contributed by atoms with E-state index in [0.717, 1.165) is 6.07 Å². The molecular weight excluding hydrogens is 315 g/mol. The number of benzene rings is 1. The normalized spacial score (nSPS) is 21.0. The van der Waals surface area contributed by atoms with Gasteiger partial charge in [0.15, 0.2) is 0 Å². The maximum atomic E-state index is 12.9. The molecule has 1 saturated heterocycles. The number of aromatic hydroxyl groups is 1. The second kappa shape index (κ2) is 5.07. The Morgan fingerprint density at radius 1 is 1.39 bits per heavy atom. The first-order chi connectivity index (χ1) is 8.39. The van der Waals surface area contributed by atoms with Gasteiger partial charge in [-0.3, -0.25) is 0 Å². The van der Waals surface area contributed by atoms with Crippen LogP contribution >= 0.6 is 15.9 Å². The van der Waals surface area contributed by atoms with Crippen molar-refractivity contribution in [1.29, 1.82) is 0 Å². The van der Waals surface area contributed by atoms with E-state index >= 15 is 0 Å². The van der Waals surface area contributed by atoms with Crippen molar-refractivity contribution in [2.75, 3.05) is 19.7 Å². The van der Waals surface area contributed by atoms with Crippen LogP contribution in [0.2, 0.25) is 0 Å². The third-order valence-corrected chi connectivity index (χ3v) is 3.33. The molecule has 18 heavy (non-hydrogen) atoms. The summed E-state index contributed by atoms with van der Waals surface area (Å²) in [6.07, 6.45) is -5.18. The molecular formula is C11H11BrF3NO2. The second-order valence-electron chi connectivity index (χ2n) is 3.95. The fourth-order valence-electron chi connectivity index (χ4n) is 1.85. The first-order valence-corrected chi connectivity index (χ1v) is 6.11. The number of alkyl halides is 3. The monoisotopic (exact) mass is 325 g/mol. The van der Waals surface area contributed by atoms with Crippen molar-refractivity contribution in [1.82, 2.24) is 5.32 Å². The summed E-state index contributed by atoms with van der Waals surface area (Å²) in [5.74, 6) is -0.435. The van der Waals surface area contributed by atoms with E-state index in [1.54, 1.807) is 0 Å². The van der Waals surface area contributed by atoms with Gasteiger partial charge in [0.05, 0.1) is 22.7 Å². The smallest absolute Gasteiger partial charge is 0.416 e. The summed E-state index contributed by atoms with van der Waals surface area (Å²) in [6, 6.07) is 1.98. The van der Waals surface area contributed by atoms with E-state index in [-0.39, 0.29) is 10.0 Å². The zero-order chi connectivity index (χ0) is 13.3. The van der Waals surface area contributed by atoms with Gasteiger partial charge in [0.25, 0.3) is 0 Å². The topological polar surface area (TPSA) is 41.5 Å². The average molecular weight is 326 g/mol. The summed E-state index contributed by atoms with van der Waals surface area (Å²) in [5, 5.41) is 12.4. The molecule has 1 fully saturated rings. The molecule has 1 unspecified atom stereocenters. The zero-order valence-electron chi connectivity index (χ0n) is 9.22. The van der Waals surface area contributed by atoms with Crippen LogP contribution in [0.1, 0.15) is 17.2 Å². The number of rotatable bonds is 1. The van der Waals surface area contributed by atoms with Crippen LogP contribution in [0.3, 0.4) is 0 Å². The van der Waals surface area contributed by atoms with Crippen molar-refractivity contribution in [2.24, 2.45) is 0 Å². The molecule has 0 aromatic heterocycles. The molecule has 0 radical (unpaired) electrons. The predicted octanol–water partition coefficient (Wildman–Crippen LogP) is 2.83. The number of halogens is 4. The van der Waals surface area contributed by atoms with Crippen LogP contribution in [0.15, 0.2) is 16.6 Å². The largest absolute Gasteiger partial charge is 0.507 e. The lowest BCUT2D eigenvalue weighted by atomic mass is 10.0. The summed E-state index contributed by atoms with van der Waals surface area (Å²) in [7, 11) is 0. The van der Waals surface area contributed by atoms with Crippen LogP contribution in [0, 0.1) is 0 Å². The Labute approximate surface area is 110 Å². The Kier molecular flexibility index (Phi) is 3.84. The summed E-state index contributed by atoms with van der Waals surface area (Å²) in [5.41, 5.74) is -0.837. The van der Waals surface area contributed by atoms with Crippen molar-refractivity contribution in [3.05, 3.63) is 27.7 Å². The van der Waals surface area contributed by atoms with Crippen molar-refractivity contribution >= 4 is 15.9 Å². The van der Waals surface area contributed by atoms with Crippen LogP contribution < -0.4 is 5.32 Å². The van der Waals surface area contributed by atoms with E-state index in [4.69, 9.17) is 4.74 Å². The molecule has 7 heteroatoms. The Balaban J connectivity index is 2.46. The van der Waals surface area contributed by atoms with E-state index in [1.807, 2.05) is 0 Å². The van der Waals surface area contributed by atoms with Gasteiger partial charge < -0.3 is 15.2 Å². The zero-order valence-corrected chi connectivity index (χ0v) is 10.8. The number of phenols is 1. The molecule has 1 heterocycles. The minimum atomic E-state index is -4.52. The highest BCUT2D eigenvalue weighted by Crippen LogP contribution is 2.40. The van der Waals surface area contributed by atoms with Crippen molar-refractivity contribution in [3.8, 4) is 5.75 Å². The van der Waals surface area contributed by atoms with Gasteiger partial charge in [-0.15, -0.1) is 0 Å². The molecule has 0 amide bonds. The van der Waals surface area contributed by atoms with E-state index in [9.17, 15) is 18.3 Å². The Bertz CT molecular complexity index is 445. The predicted molar refractivity (Wildman–Crippen MR) is 62.4 cm³/mol. The molecule has 2 N–H and O–H groups in total. The van der Waals surface area contributed by atoms with Crippen LogP contribution in [0.25, 0.3) is 0 Å². The first kappa shape index (κ1) is 13.6. The minimum absolute atomic E-state index is 0.0272. The van der Waals surface area contributed by atoms with Crippen LogP contribution in [-0.2, 0) is 10.9 Å². The maximum absolute atomic E-state index is 12.9. The minimum Gasteiger partial charge on any atom is -0.507 e. The number of morpholine rings is 1. The van der Waals surface area contributed by atoms with Crippen molar-refractivity contribution in [2.45, 2.75) is 12.3 Å². The maximum Gasteiger partial charge on any atom is 0.416 e. The van der Waals surface area contributed by atoms with E-state index in [2.05, 4.69) is 21.2 Å². The van der Waals surface area contributed by atoms with Gasteiger partial charge in [0.1, 0.15) is 5.75 Å². The molecule has 0 bridgehead atoms. The Morgan fingerprint density at radius 2 is 2.11 bits per heavy atom. The lowest BCUT2D eigenvalue weighted by Gasteiger charge is -2.26. The van der Waals surface area contributed by atoms with Crippen LogP contribution in [0.4, 0.5) is 13.2 Å². The highest BCUT2D eigenvalue weighted by molar-refractivity contribution is 9.10. The fourth-order valence-corrected chi connectivity index (χ4v) is 2.22. The summed E-state index contributed by atoms with van der Waals surface area (Å²) in [4.78, 5) is 0. The lowest BCUT2D eigenvalue weighted by molar-refractivity contribution is -0.140. The van der Waals surface area contributed by atoms with Crippen LogP contribution in [0.5, 0.6) is 5.75 Å². The van der Waals surface area contributed by atoms with Crippen LogP contribution in [-0.4, -0.2) is 24.8 Å². The molecule has 0 spiro atoms. The molecule has 1 aliphatic heterocycles. The standard InChI is InChI=1S/C11H11BrF3NO2/c12-8-3-6(10-5-16-1-2-18-10)7(4-9(8)17)11(13,14)15/h3-4,10,16-17H,1-2,5H2. The highest BCUT2D eigenvalue weighted by atomic mass is 79.9. The highest BCUT2D eigenvalue weighted by Gasteiger charge is 2.37. The Morgan fingerprint density at radius 3 is 2.67 bits per heavy atom. The molecule has 1 atom stereocenters. The fraction of sp³-hybridized carbons (Fsp3) is 0.455. The first-order valence-electron chi connectivity index (χ1n) is 5.31. The molecule has 1 aromatic carbocycles. The second-order valence-corrected chi connectivity index (χ2v) is 4.81. The SMILES string of the molecule is Oc1cc(C(F)(F)F)c(C2CNCCO2)cc1Br. The molecule has 0 aliphatic carbocycles. The molecule has 3 nitrogen and oxygen atoms in total. The summed E-state index contributed by atoms with van der Waals surface area (Å²) >= 11 is 3.02. The lowest BCUT2D eigenvalue weighted by Crippen LogP contribution is -2.34. The number of hydrogen-bond donors (Lipinski definition) is 2. The van der Waals surface area contributed by atoms with Gasteiger partial charge in [-0.25, -0.2) is 0 Å². The molecule has 1 aliphatic rings. The summed E-state index contributed by atoms with van der Waals surface area (Å²) < 4.78 is 44.3. The van der Waals surface area contributed by atoms with Gasteiger partial charge in [-0.1, -0.05) is 0 Å². The quantitative estimate of drug-likeness (QED) is 0.834. The number of nitrogens with one attached hydrogen (secondary N) is 1. The van der Waals surface area contributed by atoms with E-state index in [1.165, 1.54) is 6.07 Å². The summed E-state index contributed by atoms with van der Waals surface area (Å²) in [6.45, 7) is 1.30. The third-order valence-electron chi connectivity index (χ3n) is 2.70. The average Bonchev–Trinajstić information content (AvgIpc) is 2.32. The Hall–Kier alpha value is -0.790. The van der Waals surface area contributed by atoms with Gasteiger partial charge in [-0.2, -0.15) is 13.2 Å². The molecule has 1 aromatic rings. The molecule has 0 saturated carbocycles. The van der Waals surface area contributed by atoms with Gasteiger partial charge in [0, 0.05) is 13.1 Å². The number of phenolic OH excluding ortho intramolecular Hbond substituents is 1. The van der Waals surface area contributed by atoms with E-state index in [0.29, 0.717) is 19.7 Å². The molecule has 100 valence electrons. The van der Waals surface area contributed by atoms with Crippen molar-refractivity contribution in [3.63, 3.8) is 0 Å². The van der Waals surface area contributed by atoms with Gasteiger partial charge >= 0.3 is 6.18 Å². The number of hydrogen-bond acceptors (Lipinski definition) is 3. The van der Waals surface area contributed by atoms with Gasteiger partial charge in [-0.05, 0) is 33.6 Å². The van der Waals surface area contributed by atoms with E-state index < -0.39 is 23.6 Å².